The normalized spacial score (nSPS) is 11.4. The monoisotopic (exact) mass is 242 g/mol. The number of H-pyrrole nitrogens is 1. The molecule has 0 atom stereocenters. The van der Waals surface area contributed by atoms with E-state index >= 15 is 0 Å². The van der Waals surface area contributed by atoms with Crippen molar-refractivity contribution >= 4 is 21.8 Å². The summed E-state index contributed by atoms with van der Waals surface area (Å²) in [5.74, 6) is 0. The molecule has 4 nitrogen and oxygen atoms in total. The second kappa shape index (κ2) is 3.99. The van der Waals surface area contributed by atoms with Gasteiger partial charge in [-0.15, -0.1) is 0 Å². The fourth-order valence-electron chi connectivity index (χ4n) is 2.52. The van der Waals surface area contributed by atoms with Gasteiger partial charge in [0.1, 0.15) is 6.73 Å². The lowest BCUT2D eigenvalue weighted by molar-refractivity contribution is 0.138. The molecule has 0 radical (unpaired) electrons. The van der Waals surface area contributed by atoms with E-state index in [1.807, 2.05) is 35.8 Å². The second-order valence-corrected chi connectivity index (χ2v) is 4.39. The molecule has 1 N–H and O–H groups in total. The smallest absolute Gasteiger partial charge is 0.258 e. The molecule has 0 aliphatic heterocycles. The molecule has 18 heavy (non-hydrogen) atoms. The van der Waals surface area contributed by atoms with Crippen LogP contribution in [0.25, 0.3) is 21.8 Å². The van der Waals surface area contributed by atoms with Crippen LogP contribution in [0, 0.1) is 6.92 Å². The molecule has 0 aliphatic rings. The Morgan fingerprint density at radius 3 is 2.89 bits per heavy atom. The van der Waals surface area contributed by atoms with Crippen molar-refractivity contribution in [1.29, 1.82) is 0 Å². The summed E-state index contributed by atoms with van der Waals surface area (Å²) in [5, 5.41) is 1.71. The van der Waals surface area contributed by atoms with Crippen molar-refractivity contribution in [2.45, 2.75) is 13.7 Å². The first-order valence-corrected chi connectivity index (χ1v) is 5.82. The molecule has 0 bridgehead atoms. The van der Waals surface area contributed by atoms with Crippen molar-refractivity contribution in [2.24, 2.45) is 0 Å². The third-order valence-electron chi connectivity index (χ3n) is 3.25. The third kappa shape index (κ3) is 1.39. The molecule has 4 heteroatoms. The van der Waals surface area contributed by atoms with Gasteiger partial charge in [-0.2, -0.15) is 0 Å². The Bertz CT molecular complexity index is 783. The van der Waals surface area contributed by atoms with Crippen LogP contribution < -0.4 is 5.56 Å². The highest BCUT2D eigenvalue weighted by molar-refractivity contribution is 6.08. The van der Waals surface area contributed by atoms with E-state index in [1.54, 1.807) is 13.3 Å². The molecule has 0 amide bonds. The van der Waals surface area contributed by atoms with Gasteiger partial charge in [0.25, 0.3) is 5.56 Å². The molecule has 0 saturated heterocycles. The van der Waals surface area contributed by atoms with Crippen LogP contribution in [0.3, 0.4) is 0 Å². The topological polar surface area (TPSA) is 47.0 Å². The van der Waals surface area contributed by atoms with Gasteiger partial charge in [-0.3, -0.25) is 4.79 Å². The number of nitrogens with zero attached hydrogens (tertiary/aromatic N) is 1. The van der Waals surface area contributed by atoms with E-state index in [1.165, 1.54) is 0 Å². The standard InChI is InChI=1S/C14H14N2O2/c1-9-7-15-14(17)12-10-5-3-4-6-11(10)16(8-18-2)13(9)12/h3-7H,8H2,1-2H3,(H,15,17). The second-order valence-electron chi connectivity index (χ2n) is 4.39. The number of aromatic nitrogens is 2. The van der Waals surface area contributed by atoms with Crippen molar-refractivity contribution in [1.82, 2.24) is 9.55 Å². The Balaban J connectivity index is 2.62. The molecule has 2 aromatic heterocycles. The molecule has 0 aliphatic carbocycles. The minimum absolute atomic E-state index is 0.0540. The fourth-order valence-corrected chi connectivity index (χ4v) is 2.52. The van der Waals surface area contributed by atoms with E-state index in [9.17, 15) is 4.79 Å². The summed E-state index contributed by atoms with van der Waals surface area (Å²) in [4.78, 5) is 14.8. The molecule has 0 fully saturated rings. The number of nitrogens with one attached hydrogen (secondary N) is 1. The van der Waals surface area contributed by atoms with Crippen molar-refractivity contribution in [2.75, 3.05) is 7.11 Å². The van der Waals surface area contributed by atoms with E-state index in [0.717, 1.165) is 27.4 Å². The largest absolute Gasteiger partial charge is 0.364 e. The molecule has 0 spiro atoms. The van der Waals surface area contributed by atoms with E-state index in [-0.39, 0.29) is 5.56 Å². The molecule has 92 valence electrons. The number of ether oxygens (including phenoxy) is 1. The summed E-state index contributed by atoms with van der Waals surface area (Å²) in [6.45, 7) is 2.43. The fraction of sp³-hybridized carbons (Fsp3) is 0.214. The lowest BCUT2D eigenvalue weighted by Gasteiger charge is -2.06. The summed E-state index contributed by atoms with van der Waals surface area (Å²) in [5.41, 5.74) is 2.95. The van der Waals surface area contributed by atoms with Gasteiger partial charge >= 0.3 is 0 Å². The SMILES string of the molecule is COCn1c2ccccc2c2c(=O)[nH]cc(C)c21. The Labute approximate surface area is 104 Å². The van der Waals surface area contributed by atoms with E-state index in [2.05, 4.69) is 4.98 Å². The number of aromatic amines is 1. The van der Waals surface area contributed by atoms with E-state index in [0.29, 0.717) is 6.73 Å². The minimum Gasteiger partial charge on any atom is -0.364 e. The maximum Gasteiger partial charge on any atom is 0.258 e. The van der Waals surface area contributed by atoms with Gasteiger partial charge in [0.05, 0.1) is 16.4 Å². The van der Waals surface area contributed by atoms with Crippen molar-refractivity contribution < 1.29 is 4.74 Å². The van der Waals surface area contributed by atoms with Gasteiger partial charge in [0.2, 0.25) is 0 Å². The summed E-state index contributed by atoms with van der Waals surface area (Å²) >= 11 is 0. The predicted molar refractivity (Wildman–Crippen MR) is 71.8 cm³/mol. The maximum absolute atomic E-state index is 12.1. The lowest BCUT2D eigenvalue weighted by Crippen LogP contribution is -2.07. The summed E-state index contributed by atoms with van der Waals surface area (Å²) in [7, 11) is 1.66. The Hall–Kier alpha value is -2.07. The molecule has 0 unspecified atom stereocenters. The molecule has 0 saturated carbocycles. The van der Waals surface area contributed by atoms with Crippen LogP contribution in [-0.2, 0) is 11.5 Å². The zero-order chi connectivity index (χ0) is 12.7. The van der Waals surface area contributed by atoms with Gasteiger partial charge in [-0.25, -0.2) is 0 Å². The van der Waals surface area contributed by atoms with Crippen molar-refractivity contribution in [3.63, 3.8) is 0 Å². The van der Waals surface area contributed by atoms with Crippen LogP contribution in [0.4, 0.5) is 0 Å². The summed E-state index contributed by atoms with van der Waals surface area (Å²) in [6.07, 6.45) is 1.75. The highest BCUT2D eigenvalue weighted by Gasteiger charge is 2.14. The van der Waals surface area contributed by atoms with Crippen LogP contribution >= 0.6 is 0 Å². The molecular formula is C14H14N2O2. The van der Waals surface area contributed by atoms with Gasteiger partial charge in [0, 0.05) is 18.7 Å². The molecular weight excluding hydrogens is 228 g/mol. The average Bonchev–Trinajstić information content (AvgIpc) is 2.71. The number of para-hydroxylation sites is 1. The van der Waals surface area contributed by atoms with Crippen LogP contribution in [0.15, 0.2) is 35.3 Å². The highest BCUT2D eigenvalue weighted by Crippen LogP contribution is 2.27. The first-order chi connectivity index (χ1) is 8.74. The molecule has 2 heterocycles. The number of pyridine rings is 1. The average molecular weight is 242 g/mol. The minimum atomic E-state index is -0.0540. The molecule has 3 rings (SSSR count). The van der Waals surface area contributed by atoms with E-state index in [4.69, 9.17) is 4.74 Å². The Morgan fingerprint density at radius 1 is 1.33 bits per heavy atom. The summed E-state index contributed by atoms with van der Waals surface area (Å²) < 4.78 is 7.28. The third-order valence-corrected chi connectivity index (χ3v) is 3.25. The van der Waals surface area contributed by atoms with E-state index < -0.39 is 0 Å². The zero-order valence-corrected chi connectivity index (χ0v) is 10.4. The van der Waals surface area contributed by atoms with Gasteiger partial charge in [-0.1, -0.05) is 18.2 Å². The number of aryl methyl sites for hydroxylation is 1. The van der Waals surface area contributed by atoms with Crippen molar-refractivity contribution in [3.8, 4) is 0 Å². The number of methoxy groups -OCH3 is 1. The number of benzene rings is 1. The maximum atomic E-state index is 12.1. The van der Waals surface area contributed by atoms with Crippen LogP contribution in [0.1, 0.15) is 5.56 Å². The highest BCUT2D eigenvalue weighted by atomic mass is 16.5. The van der Waals surface area contributed by atoms with Crippen LogP contribution in [0.2, 0.25) is 0 Å². The number of rotatable bonds is 2. The number of hydrogen-bond acceptors (Lipinski definition) is 2. The predicted octanol–water partition coefficient (Wildman–Crippen LogP) is 2.40. The summed E-state index contributed by atoms with van der Waals surface area (Å²) in [6, 6.07) is 7.89. The molecule has 3 aromatic rings. The number of fused-ring (bicyclic) bond motifs is 3. The quantitative estimate of drug-likeness (QED) is 0.750. The Kier molecular flexibility index (Phi) is 2.45. The zero-order valence-electron chi connectivity index (χ0n) is 10.4. The first kappa shape index (κ1) is 11.0. The Morgan fingerprint density at radius 2 is 2.11 bits per heavy atom. The van der Waals surface area contributed by atoms with Crippen molar-refractivity contribution in [3.05, 3.63) is 46.4 Å². The first-order valence-electron chi connectivity index (χ1n) is 5.82. The van der Waals surface area contributed by atoms with Gasteiger partial charge in [-0.05, 0) is 18.6 Å². The lowest BCUT2D eigenvalue weighted by atomic mass is 10.1. The van der Waals surface area contributed by atoms with Gasteiger partial charge < -0.3 is 14.3 Å². The van der Waals surface area contributed by atoms with Gasteiger partial charge in [0.15, 0.2) is 0 Å². The van der Waals surface area contributed by atoms with Crippen LogP contribution in [0.5, 0.6) is 0 Å². The van der Waals surface area contributed by atoms with Crippen LogP contribution in [-0.4, -0.2) is 16.7 Å². The number of hydrogen-bond donors (Lipinski definition) is 1. The molecule has 1 aromatic carbocycles.